The molecule has 0 bridgehead atoms. The number of hydrogen-bond acceptors (Lipinski definition) is 2. The van der Waals surface area contributed by atoms with E-state index >= 15 is 0 Å². The van der Waals surface area contributed by atoms with E-state index in [9.17, 15) is 0 Å². The first-order valence-electron chi connectivity index (χ1n) is 3.77. The summed E-state index contributed by atoms with van der Waals surface area (Å²) >= 11 is 4.46. The van der Waals surface area contributed by atoms with Gasteiger partial charge in [-0.15, -0.1) is 0 Å². The third-order valence-electron chi connectivity index (χ3n) is 1.87. The fourth-order valence-electron chi connectivity index (χ4n) is 1.21. The molecule has 2 heterocycles. The molecule has 0 aliphatic heterocycles. The van der Waals surface area contributed by atoms with Gasteiger partial charge in [0.2, 0.25) is 0 Å². The van der Waals surface area contributed by atoms with Crippen molar-refractivity contribution in [1.82, 2.24) is 14.4 Å². The lowest BCUT2D eigenvalue weighted by Crippen LogP contribution is -1.95. The maximum absolute atomic E-state index is 4.43. The van der Waals surface area contributed by atoms with Gasteiger partial charge in [-0.25, -0.2) is 9.97 Å². The zero-order chi connectivity index (χ0) is 9.59. The Morgan fingerprint density at radius 2 is 1.85 bits per heavy atom. The molecule has 0 radical (unpaired) electrons. The molecule has 5 heteroatoms. The predicted octanol–water partition coefficient (Wildman–Crippen LogP) is 2.56. The average Bonchev–Trinajstić information content (AvgIpc) is 2.32. The number of hydrogen-bond donors (Lipinski definition) is 0. The Hall–Kier alpha value is 0.0800. The van der Waals surface area contributed by atoms with Gasteiger partial charge >= 0.3 is 0 Å². The van der Waals surface area contributed by atoms with Gasteiger partial charge in [-0.2, -0.15) is 0 Å². The molecule has 0 aliphatic rings. The van der Waals surface area contributed by atoms with Crippen LogP contribution in [0, 0.1) is 21.2 Å². The van der Waals surface area contributed by atoms with Crippen molar-refractivity contribution in [3.63, 3.8) is 0 Å². The smallest absolute Gasteiger partial charge is 0.170 e. The third kappa shape index (κ3) is 1.56. The van der Waals surface area contributed by atoms with E-state index in [1.807, 2.05) is 13.1 Å². The minimum absolute atomic E-state index is 0.952. The van der Waals surface area contributed by atoms with E-state index in [1.54, 1.807) is 0 Å². The molecule has 0 amide bonds. The van der Waals surface area contributed by atoms with Gasteiger partial charge in [-0.3, -0.25) is 4.40 Å². The van der Waals surface area contributed by atoms with Gasteiger partial charge in [0.25, 0.3) is 0 Å². The Bertz CT molecular complexity index is 476. The number of imidazole rings is 1. The highest BCUT2D eigenvalue weighted by atomic mass is 127. The predicted molar refractivity (Wildman–Crippen MR) is 67.9 cm³/mol. The number of nitrogens with zero attached hydrogens (tertiary/aromatic N) is 3. The van der Waals surface area contributed by atoms with Crippen LogP contribution in [0.25, 0.3) is 5.65 Å². The second kappa shape index (κ2) is 3.34. The lowest BCUT2D eigenvalue weighted by molar-refractivity contribution is 1.02. The Labute approximate surface area is 103 Å². The zero-order valence-corrected chi connectivity index (χ0v) is 11.5. The summed E-state index contributed by atoms with van der Waals surface area (Å²) in [5, 5.41) is 0. The average molecular weight is 399 g/mol. The highest BCUT2D eigenvalue weighted by Crippen LogP contribution is 2.17. The lowest BCUT2D eigenvalue weighted by Gasteiger charge is -1.99. The minimum atomic E-state index is 0.952. The standard InChI is InChI=1S/C8H7I2N3/c1-4-3-13-5(2)6(9)12-8(13)7(10)11-4/h3H,1-2H3. The van der Waals surface area contributed by atoms with Gasteiger partial charge < -0.3 is 0 Å². The summed E-state index contributed by atoms with van der Waals surface area (Å²) in [5.74, 6) is 0. The number of aromatic nitrogens is 3. The van der Waals surface area contributed by atoms with Crippen molar-refractivity contribution in [3.8, 4) is 0 Å². The van der Waals surface area contributed by atoms with Crippen LogP contribution in [0.2, 0.25) is 0 Å². The van der Waals surface area contributed by atoms with Crippen LogP contribution in [0.1, 0.15) is 11.4 Å². The second-order valence-corrected chi connectivity index (χ2v) is 4.90. The van der Waals surface area contributed by atoms with E-state index in [0.717, 1.165) is 18.7 Å². The van der Waals surface area contributed by atoms with E-state index in [1.165, 1.54) is 5.69 Å². The van der Waals surface area contributed by atoms with Crippen LogP contribution in [-0.4, -0.2) is 14.4 Å². The molecule has 0 saturated carbocycles. The molecule has 0 atom stereocenters. The van der Waals surface area contributed by atoms with Crippen molar-refractivity contribution in [2.45, 2.75) is 13.8 Å². The van der Waals surface area contributed by atoms with Crippen LogP contribution in [0.15, 0.2) is 6.20 Å². The Balaban J connectivity index is 2.94. The summed E-state index contributed by atoms with van der Waals surface area (Å²) in [4.78, 5) is 8.79. The monoisotopic (exact) mass is 399 g/mol. The molecular weight excluding hydrogens is 392 g/mol. The zero-order valence-electron chi connectivity index (χ0n) is 7.17. The maximum Gasteiger partial charge on any atom is 0.170 e. The quantitative estimate of drug-likeness (QED) is 0.638. The highest BCUT2D eigenvalue weighted by Gasteiger charge is 2.09. The third-order valence-corrected chi connectivity index (χ3v) is 3.61. The summed E-state index contributed by atoms with van der Waals surface area (Å²) in [7, 11) is 0. The summed E-state index contributed by atoms with van der Waals surface area (Å²) in [6, 6.07) is 0. The normalized spacial score (nSPS) is 11.1. The first kappa shape index (κ1) is 9.63. The van der Waals surface area contributed by atoms with Crippen molar-refractivity contribution >= 4 is 50.8 Å². The minimum Gasteiger partial charge on any atom is -0.299 e. The van der Waals surface area contributed by atoms with Gasteiger partial charge in [0.1, 0.15) is 7.40 Å². The molecule has 0 unspecified atom stereocenters. The van der Waals surface area contributed by atoms with E-state index in [-0.39, 0.29) is 0 Å². The van der Waals surface area contributed by atoms with Crippen molar-refractivity contribution in [2.75, 3.05) is 0 Å². The molecule has 2 aromatic rings. The molecule has 68 valence electrons. The van der Waals surface area contributed by atoms with Crippen LogP contribution < -0.4 is 0 Å². The largest absolute Gasteiger partial charge is 0.299 e. The van der Waals surface area contributed by atoms with Crippen LogP contribution in [0.5, 0.6) is 0 Å². The fraction of sp³-hybridized carbons (Fsp3) is 0.250. The van der Waals surface area contributed by atoms with Gasteiger partial charge in [-0.05, 0) is 59.0 Å². The van der Waals surface area contributed by atoms with Crippen LogP contribution in [0.4, 0.5) is 0 Å². The molecule has 0 fully saturated rings. The summed E-state index contributed by atoms with van der Waals surface area (Å²) in [5.41, 5.74) is 3.15. The van der Waals surface area contributed by atoms with E-state index in [4.69, 9.17) is 0 Å². The van der Waals surface area contributed by atoms with Gasteiger partial charge in [0.15, 0.2) is 5.65 Å². The van der Waals surface area contributed by atoms with Crippen molar-refractivity contribution < 1.29 is 0 Å². The Kier molecular flexibility index (Phi) is 2.47. The Morgan fingerprint density at radius 1 is 1.15 bits per heavy atom. The van der Waals surface area contributed by atoms with Gasteiger partial charge in [-0.1, -0.05) is 0 Å². The summed E-state index contributed by atoms with van der Waals surface area (Å²) in [6.45, 7) is 4.06. The number of rotatable bonds is 0. The highest BCUT2D eigenvalue weighted by molar-refractivity contribution is 14.1. The van der Waals surface area contributed by atoms with Crippen molar-refractivity contribution in [2.24, 2.45) is 0 Å². The van der Waals surface area contributed by atoms with E-state index in [2.05, 4.69) is 66.5 Å². The molecule has 3 nitrogen and oxygen atoms in total. The molecule has 2 aromatic heterocycles. The first-order valence-corrected chi connectivity index (χ1v) is 5.92. The second-order valence-electron chi connectivity index (χ2n) is 2.85. The van der Waals surface area contributed by atoms with Crippen LogP contribution in [0.3, 0.4) is 0 Å². The molecule has 0 spiro atoms. The molecular formula is C8H7I2N3. The first-order chi connectivity index (χ1) is 6.09. The molecule has 2 rings (SSSR count). The fourth-order valence-corrected chi connectivity index (χ4v) is 2.46. The molecule has 0 aliphatic carbocycles. The molecule has 0 aromatic carbocycles. The molecule has 0 saturated heterocycles. The topological polar surface area (TPSA) is 30.2 Å². The maximum atomic E-state index is 4.43. The van der Waals surface area contributed by atoms with Gasteiger partial charge in [0.05, 0.1) is 11.4 Å². The van der Waals surface area contributed by atoms with Gasteiger partial charge in [0, 0.05) is 6.20 Å². The SMILES string of the molecule is Cc1cn2c(C)c(I)nc2c(I)n1. The molecule has 13 heavy (non-hydrogen) atoms. The van der Waals surface area contributed by atoms with Crippen LogP contribution in [-0.2, 0) is 0 Å². The summed E-state index contributed by atoms with van der Waals surface area (Å²) < 4.78 is 4.10. The van der Waals surface area contributed by atoms with Crippen molar-refractivity contribution in [1.29, 1.82) is 0 Å². The lowest BCUT2D eigenvalue weighted by atomic mass is 10.5. The Morgan fingerprint density at radius 3 is 2.54 bits per heavy atom. The summed E-state index contributed by atoms with van der Waals surface area (Å²) in [6.07, 6.45) is 2.02. The number of aryl methyl sites for hydroxylation is 2. The van der Waals surface area contributed by atoms with Crippen LogP contribution >= 0.6 is 45.2 Å². The molecule has 0 N–H and O–H groups in total. The van der Waals surface area contributed by atoms with Crippen molar-refractivity contribution in [3.05, 3.63) is 25.0 Å². The number of fused-ring (bicyclic) bond motifs is 1. The van der Waals surface area contributed by atoms with E-state index < -0.39 is 0 Å². The number of halogens is 2. The van der Waals surface area contributed by atoms with E-state index in [0.29, 0.717) is 0 Å².